The minimum Gasteiger partial charge on any atom is -0.374 e. The lowest BCUT2D eigenvalue weighted by atomic mass is 10.3. The highest BCUT2D eigenvalue weighted by molar-refractivity contribution is 6.42. The maximum Gasteiger partial charge on any atom is 0.158 e. The maximum absolute atomic E-state index is 5.96. The molecular formula is C13H12Cl3N3O. The molecule has 0 radical (unpaired) electrons. The molecule has 1 aromatic carbocycles. The zero-order valence-corrected chi connectivity index (χ0v) is 12.9. The fourth-order valence-electron chi connectivity index (χ4n) is 1.51. The van der Waals surface area contributed by atoms with Gasteiger partial charge in [0.05, 0.1) is 10.0 Å². The second-order valence-electron chi connectivity index (χ2n) is 3.88. The number of nitrogens with one attached hydrogen (secondary N) is 1. The Morgan fingerprint density at radius 2 is 1.90 bits per heavy atom. The quantitative estimate of drug-likeness (QED) is 0.805. The molecule has 1 aromatic heterocycles. The third-order valence-corrected chi connectivity index (χ3v) is 3.30. The second kappa shape index (κ2) is 7.09. The van der Waals surface area contributed by atoms with Crippen LogP contribution in [0.5, 0.6) is 0 Å². The van der Waals surface area contributed by atoms with Gasteiger partial charge in [-0.25, -0.2) is 9.97 Å². The zero-order chi connectivity index (χ0) is 14.5. The monoisotopic (exact) mass is 331 g/mol. The lowest BCUT2D eigenvalue weighted by Crippen LogP contribution is -2.02. The molecule has 2 aromatic rings. The van der Waals surface area contributed by atoms with E-state index in [1.807, 2.05) is 6.92 Å². The number of rotatable bonds is 5. The van der Waals surface area contributed by atoms with E-state index in [1.165, 1.54) is 0 Å². The van der Waals surface area contributed by atoms with Gasteiger partial charge in [0.15, 0.2) is 5.82 Å². The van der Waals surface area contributed by atoms with Crippen LogP contribution in [0.3, 0.4) is 0 Å². The Morgan fingerprint density at radius 1 is 1.10 bits per heavy atom. The predicted molar refractivity (Wildman–Crippen MR) is 82.1 cm³/mol. The van der Waals surface area contributed by atoms with E-state index in [9.17, 15) is 0 Å². The first-order valence-corrected chi connectivity index (χ1v) is 7.05. The Bertz CT molecular complexity index is 607. The van der Waals surface area contributed by atoms with Crippen molar-refractivity contribution in [2.75, 3.05) is 11.9 Å². The average Bonchev–Trinajstić information content (AvgIpc) is 2.40. The molecule has 0 atom stereocenters. The highest BCUT2D eigenvalue weighted by Gasteiger charge is 2.05. The molecule has 0 bridgehead atoms. The summed E-state index contributed by atoms with van der Waals surface area (Å²) in [5.74, 6) is 1.08. The summed E-state index contributed by atoms with van der Waals surface area (Å²) in [6.45, 7) is 2.80. The first-order valence-electron chi connectivity index (χ1n) is 5.91. The third-order valence-electron chi connectivity index (χ3n) is 2.37. The number of anilines is 2. The molecule has 0 spiro atoms. The van der Waals surface area contributed by atoms with Crippen molar-refractivity contribution in [1.82, 2.24) is 9.97 Å². The van der Waals surface area contributed by atoms with Gasteiger partial charge < -0.3 is 10.1 Å². The molecule has 0 unspecified atom stereocenters. The van der Waals surface area contributed by atoms with Gasteiger partial charge in [-0.15, -0.1) is 0 Å². The summed E-state index contributed by atoms with van der Waals surface area (Å²) in [6, 6.07) is 6.84. The Morgan fingerprint density at radius 3 is 2.60 bits per heavy atom. The number of halogens is 3. The van der Waals surface area contributed by atoms with Gasteiger partial charge in [0.25, 0.3) is 0 Å². The molecular weight excluding hydrogens is 321 g/mol. The van der Waals surface area contributed by atoms with Crippen LogP contribution in [0, 0.1) is 0 Å². The number of aromatic nitrogens is 2. The van der Waals surface area contributed by atoms with Gasteiger partial charge >= 0.3 is 0 Å². The van der Waals surface area contributed by atoms with Crippen molar-refractivity contribution in [3.63, 3.8) is 0 Å². The Balaban J connectivity index is 2.19. The molecule has 1 N–H and O–H groups in total. The first kappa shape index (κ1) is 15.3. The summed E-state index contributed by atoms with van der Waals surface area (Å²) < 4.78 is 5.26. The van der Waals surface area contributed by atoms with Gasteiger partial charge in [0, 0.05) is 18.4 Å². The van der Waals surface area contributed by atoms with Gasteiger partial charge in [0.1, 0.15) is 17.6 Å². The average molecular weight is 333 g/mol. The van der Waals surface area contributed by atoms with Gasteiger partial charge in [0.2, 0.25) is 0 Å². The zero-order valence-electron chi connectivity index (χ0n) is 10.7. The molecule has 0 amide bonds. The summed E-state index contributed by atoms with van der Waals surface area (Å²) in [5, 5.41) is 4.40. The highest BCUT2D eigenvalue weighted by atomic mass is 35.5. The van der Waals surface area contributed by atoms with E-state index in [4.69, 9.17) is 39.5 Å². The van der Waals surface area contributed by atoms with Crippen LogP contribution in [0.15, 0.2) is 24.3 Å². The Labute approximate surface area is 132 Å². The van der Waals surface area contributed by atoms with Crippen molar-refractivity contribution in [3.8, 4) is 0 Å². The molecule has 106 valence electrons. The summed E-state index contributed by atoms with van der Waals surface area (Å²) in [6.07, 6.45) is 0. The fourth-order valence-corrected chi connectivity index (χ4v) is 2.01. The van der Waals surface area contributed by atoms with Crippen LogP contribution >= 0.6 is 34.8 Å². The molecule has 0 saturated carbocycles. The molecule has 0 fully saturated rings. The van der Waals surface area contributed by atoms with Crippen molar-refractivity contribution in [3.05, 3.63) is 45.3 Å². The molecule has 0 aliphatic heterocycles. The summed E-state index contributed by atoms with van der Waals surface area (Å²) in [7, 11) is 0. The lowest BCUT2D eigenvalue weighted by Gasteiger charge is -2.09. The molecule has 7 heteroatoms. The van der Waals surface area contributed by atoms with Crippen LogP contribution in [-0.4, -0.2) is 16.6 Å². The van der Waals surface area contributed by atoms with Gasteiger partial charge in [-0.1, -0.05) is 34.8 Å². The van der Waals surface area contributed by atoms with Crippen LogP contribution in [0.4, 0.5) is 11.5 Å². The van der Waals surface area contributed by atoms with E-state index in [0.29, 0.717) is 40.1 Å². The predicted octanol–water partition coefficient (Wildman–Crippen LogP) is 4.72. The normalized spacial score (nSPS) is 10.6. The van der Waals surface area contributed by atoms with E-state index in [1.54, 1.807) is 24.3 Å². The Kier molecular flexibility index (Phi) is 5.43. The van der Waals surface area contributed by atoms with Crippen LogP contribution in [0.1, 0.15) is 12.7 Å². The van der Waals surface area contributed by atoms with Crippen molar-refractivity contribution >= 4 is 46.3 Å². The van der Waals surface area contributed by atoms with Crippen molar-refractivity contribution in [1.29, 1.82) is 0 Å². The topological polar surface area (TPSA) is 47.0 Å². The van der Waals surface area contributed by atoms with Crippen molar-refractivity contribution in [2.45, 2.75) is 13.5 Å². The van der Waals surface area contributed by atoms with Crippen molar-refractivity contribution < 1.29 is 4.74 Å². The van der Waals surface area contributed by atoms with Crippen LogP contribution in [-0.2, 0) is 11.3 Å². The van der Waals surface area contributed by atoms with Gasteiger partial charge in [-0.2, -0.15) is 0 Å². The van der Waals surface area contributed by atoms with Gasteiger partial charge in [-0.3, -0.25) is 0 Å². The summed E-state index contributed by atoms with van der Waals surface area (Å²) >= 11 is 17.8. The standard InChI is InChI=1S/C13H12Cl3N3O/c1-2-20-7-13-18-11(16)6-12(19-13)17-8-3-4-9(14)10(15)5-8/h3-6H,2,7H2,1H3,(H,17,18,19). The molecule has 2 rings (SSSR count). The number of benzene rings is 1. The van der Waals surface area contributed by atoms with Crippen LogP contribution in [0.25, 0.3) is 0 Å². The third kappa shape index (κ3) is 4.21. The van der Waals surface area contributed by atoms with E-state index in [2.05, 4.69) is 15.3 Å². The molecule has 20 heavy (non-hydrogen) atoms. The smallest absolute Gasteiger partial charge is 0.158 e. The fraction of sp³-hybridized carbons (Fsp3) is 0.231. The SMILES string of the molecule is CCOCc1nc(Cl)cc(Nc2ccc(Cl)c(Cl)c2)n1. The molecule has 0 aliphatic rings. The molecule has 0 saturated heterocycles. The minimum absolute atomic E-state index is 0.313. The van der Waals surface area contributed by atoms with Gasteiger partial charge in [-0.05, 0) is 25.1 Å². The second-order valence-corrected chi connectivity index (χ2v) is 5.08. The highest BCUT2D eigenvalue weighted by Crippen LogP contribution is 2.27. The van der Waals surface area contributed by atoms with E-state index in [-0.39, 0.29) is 0 Å². The summed E-state index contributed by atoms with van der Waals surface area (Å²) in [5.41, 5.74) is 0.761. The molecule has 1 heterocycles. The first-order chi connectivity index (χ1) is 9.58. The minimum atomic E-state index is 0.313. The Hall–Kier alpha value is -1.07. The number of hydrogen-bond acceptors (Lipinski definition) is 4. The maximum atomic E-state index is 5.96. The molecule has 4 nitrogen and oxygen atoms in total. The van der Waals surface area contributed by atoms with Crippen LogP contribution < -0.4 is 5.32 Å². The number of hydrogen-bond donors (Lipinski definition) is 1. The van der Waals surface area contributed by atoms with Crippen molar-refractivity contribution in [2.24, 2.45) is 0 Å². The lowest BCUT2D eigenvalue weighted by molar-refractivity contribution is 0.128. The molecule has 0 aliphatic carbocycles. The number of nitrogens with zero attached hydrogens (tertiary/aromatic N) is 2. The van der Waals surface area contributed by atoms with E-state index >= 15 is 0 Å². The largest absolute Gasteiger partial charge is 0.374 e. The van der Waals surface area contributed by atoms with E-state index in [0.717, 1.165) is 5.69 Å². The van der Waals surface area contributed by atoms with E-state index < -0.39 is 0 Å². The summed E-state index contributed by atoms with van der Waals surface area (Å²) in [4.78, 5) is 8.40. The number of ether oxygens (including phenoxy) is 1. The van der Waals surface area contributed by atoms with Crippen LogP contribution in [0.2, 0.25) is 15.2 Å².